The second-order valence-electron chi connectivity index (χ2n) is 6.99. The van der Waals surface area contributed by atoms with Crippen molar-refractivity contribution in [3.63, 3.8) is 0 Å². The zero-order valence-corrected chi connectivity index (χ0v) is 15.9. The van der Waals surface area contributed by atoms with Crippen LogP contribution >= 0.6 is 0 Å². The van der Waals surface area contributed by atoms with Gasteiger partial charge in [-0.2, -0.15) is 5.10 Å². The third-order valence-electron chi connectivity index (χ3n) is 4.79. The zero-order chi connectivity index (χ0) is 19.0. The molecule has 1 saturated heterocycles. The average molecular weight is 378 g/mol. The van der Waals surface area contributed by atoms with Crippen molar-refractivity contribution in [2.24, 2.45) is 0 Å². The van der Waals surface area contributed by atoms with Crippen LogP contribution in [0.1, 0.15) is 24.0 Å². The summed E-state index contributed by atoms with van der Waals surface area (Å²) in [5.41, 5.74) is 3.36. The number of hydrogen-bond acceptors (Lipinski definition) is 6. The van der Waals surface area contributed by atoms with E-state index < -0.39 is 0 Å². The highest BCUT2D eigenvalue weighted by molar-refractivity contribution is 5.31. The highest BCUT2D eigenvalue weighted by Gasteiger charge is 2.15. The van der Waals surface area contributed by atoms with Gasteiger partial charge >= 0.3 is 0 Å². The van der Waals surface area contributed by atoms with E-state index in [1.165, 1.54) is 5.56 Å². The maximum absolute atomic E-state index is 5.59. The Bertz CT molecular complexity index is 843. The van der Waals surface area contributed by atoms with Crippen LogP contribution in [0.5, 0.6) is 0 Å². The molecule has 1 aromatic carbocycles. The molecule has 0 amide bonds. The van der Waals surface area contributed by atoms with Gasteiger partial charge in [-0.15, -0.1) is 0 Å². The van der Waals surface area contributed by atoms with Gasteiger partial charge in [-0.25, -0.2) is 14.6 Å². The first-order valence-electron chi connectivity index (χ1n) is 9.83. The first kappa shape index (κ1) is 18.6. The fourth-order valence-corrected chi connectivity index (χ4v) is 3.22. The lowest BCUT2D eigenvalue weighted by atomic mass is 10.2. The van der Waals surface area contributed by atoms with Gasteiger partial charge in [0.2, 0.25) is 5.95 Å². The van der Waals surface area contributed by atoms with E-state index in [-0.39, 0.29) is 6.10 Å². The molecule has 0 bridgehead atoms. The van der Waals surface area contributed by atoms with Crippen molar-refractivity contribution in [2.75, 3.05) is 25.0 Å². The molecule has 7 nitrogen and oxygen atoms in total. The Balaban J connectivity index is 1.17. The van der Waals surface area contributed by atoms with Gasteiger partial charge < -0.3 is 15.4 Å². The molecule has 1 atom stereocenters. The molecule has 3 aromatic rings. The standard InChI is InChI=1S/C21H26N6O/c1-2-5-19(6-3-1)27-16-17(14-26-27)8-9-22-11-18-12-23-21(24-13-18)25-15-20-7-4-10-28-20/h1-3,5-6,12-14,16,20,22H,4,7-11,15H2,(H,23,24,25). The van der Waals surface area contributed by atoms with Crippen LogP contribution in [0.2, 0.25) is 0 Å². The predicted molar refractivity (Wildman–Crippen MR) is 108 cm³/mol. The molecule has 2 N–H and O–H groups in total. The van der Waals surface area contributed by atoms with E-state index >= 15 is 0 Å². The monoisotopic (exact) mass is 378 g/mol. The molecule has 7 heteroatoms. The number of ether oxygens (including phenoxy) is 1. The quantitative estimate of drug-likeness (QED) is 0.558. The van der Waals surface area contributed by atoms with Crippen LogP contribution in [0, 0.1) is 0 Å². The summed E-state index contributed by atoms with van der Waals surface area (Å²) in [5, 5.41) is 11.1. The molecule has 1 aliphatic heterocycles. The second kappa shape index (κ2) is 9.43. The average Bonchev–Trinajstić information content (AvgIpc) is 3.43. The van der Waals surface area contributed by atoms with E-state index in [0.29, 0.717) is 5.95 Å². The lowest BCUT2D eigenvalue weighted by molar-refractivity contribution is 0.120. The van der Waals surface area contributed by atoms with Crippen LogP contribution in [-0.2, 0) is 17.7 Å². The summed E-state index contributed by atoms with van der Waals surface area (Å²) in [6, 6.07) is 10.1. The summed E-state index contributed by atoms with van der Waals surface area (Å²) in [5.74, 6) is 0.660. The highest BCUT2D eigenvalue weighted by atomic mass is 16.5. The summed E-state index contributed by atoms with van der Waals surface area (Å²) in [6.07, 6.45) is 11.2. The Kier molecular flexibility index (Phi) is 6.26. The normalized spacial score (nSPS) is 16.4. The van der Waals surface area contributed by atoms with Gasteiger partial charge in [0.05, 0.1) is 18.0 Å². The number of benzene rings is 1. The third kappa shape index (κ3) is 5.15. The molecule has 0 aliphatic carbocycles. The van der Waals surface area contributed by atoms with Gasteiger partial charge in [-0.05, 0) is 43.5 Å². The first-order valence-corrected chi connectivity index (χ1v) is 9.83. The van der Waals surface area contributed by atoms with Crippen LogP contribution in [-0.4, -0.2) is 45.5 Å². The van der Waals surface area contributed by atoms with E-state index in [1.807, 2.05) is 53.6 Å². The number of nitrogens with one attached hydrogen (secondary N) is 2. The summed E-state index contributed by atoms with van der Waals surface area (Å²) in [7, 11) is 0. The fraction of sp³-hybridized carbons (Fsp3) is 0.381. The summed E-state index contributed by atoms with van der Waals surface area (Å²) < 4.78 is 7.50. The Morgan fingerprint density at radius 2 is 1.93 bits per heavy atom. The molecule has 2 aromatic heterocycles. The second-order valence-corrected chi connectivity index (χ2v) is 6.99. The minimum absolute atomic E-state index is 0.288. The number of rotatable bonds is 9. The topological polar surface area (TPSA) is 76.9 Å². The minimum Gasteiger partial charge on any atom is -0.376 e. The van der Waals surface area contributed by atoms with Crippen molar-refractivity contribution < 1.29 is 4.74 Å². The molecule has 0 radical (unpaired) electrons. The summed E-state index contributed by atoms with van der Waals surface area (Å²) >= 11 is 0. The molecule has 0 saturated carbocycles. The van der Waals surface area contributed by atoms with Gasteiger partial charge in [-0.3, -0.25) is 0 Å². The molecular formula is C21H26N6O. The minimum atomic E-state index is 0.288. The van der Waals surface area contributed by atoms with E-state index in [2.05, 4.69) is 31.9 Å². The van der Waals surface area contributed by atoms with E-state index in [0.717, 1.165) is 56.8 Å². The van der Waals surface area contributed by atoms with Crippen molar-refractivity contribution in [1.29, 1.82) is 0 Å². The van der Waals surface area contributed by atoms with Crippen LogP contribution in [0.25, 0.3) is 5.69 Å². The zero-order valence-electron chi connectivity index (χ0n) is 15.9. The maximum Gasteiger partial charge on any atom is 0.222 e. The summed E-state index contributed by atoms with van der Waals surface area (Å²) in [6.45, 7) is 3.26. The Morgan fingerprint density at radius 1 is 1.07 bits per heavy atom. The number of nitrogens with zero attached hydrogens (tertiary/aromatic N) is 4. The molecule has 0 spiro atoms. The van der Waals surface area contributed by atoms with Crippen molar-refractivity contribution in [3.8, 4) is 5.69 Å². The first-order chi connectivity index (χ1) is 13.9. The predicted octanol–water partition coefficient (Wildman–Crippen LogP) is 2.59. The molecular weight excluding hydrogens is 352 g/mol. The Morgan fingerprint density at radius 3 is 2.71 bits per heavy atom. The molecule has 1 aliphatic rings. The molecule has 1 fully saturated rings. The smallest absolute Gasteiger partial charge is 0.222 e. The molecule has 4 rings (SSSR count). The molecule has 146 valence electrons. The van der Waals surface area contributed by atoms with Gasteiger partial charge in [0.25, 0.3) is 0 Å². The van der Waals surface area contributed by atoms with Crippen LogP contribution in [0.15, 0.2) is 55.1 Å². The van der Waals surface area contributed by atoms with Crippen molar-refractivity contribution in [3.05, 3.63) is 66.2 Å². The Hall–Kier alpha value is -2.77. The number of para-hydroxylation sites is 1. The number of hydrogen-bond donors (Lipinski definition) is 2. The van der Waals surface area contributed by atoms with Gasteiger partial charge in [0.15, 0.2) is 0 Å². The number of aromatic nitrogens is 4. The summed E-state index contributed by atoms with van der Waals surface area (Å²) in [4.78, 5) is 8.76. The third-order valence-corrected chi connectivity index (χ3v) is 4.79. The molecule has 1 unspecified atom stereocenters. The van der Waals surface area contributed by atoms with Gasteiger partial charge in [0.1, 0.15) is 0 Å². The van der Waals surface area contributed by atoms with Gasteiger partial charge in [-0.1, -0.05) is 18.2 Å². The lowest BCUT2D eigenvalue weighted by Crippen LogP contribution is -2.20. The van der Waals surface area contributed by atoms with Crippen molar-refractivity contribution in [2.45, 2.75) is 31.9 Å². The van der Waals surface area contributed by atoms with Crippen LogP contribution in [0.3, 0.4) is 0 Å². The Labute approximate surface area is 165 Å². The number of anilines is 1. The van der Waals surface area contributed by atoms with Crippen LogP contribution in [0.4, 0.5) is 5.95 Å². The van der Waals surface area contributed by atoms with Crippen molar-refractivity contribution >= 4 is 5.95 Å². The van der Waals surface area contributed by atoms with Crippen LogP contribution < -0.4 is 10.6 Å². The maximum atomic E-state index is 5.59. The van der Waals surface area contributed by atoms with Gasteiger partial charge in [0, 0.05) is 43.9 Å². The fourth-order valence-electron chi connectivity index (χ4n) is 3.22. The lowest BCUT2D eigenvalue weighted by Gasteiger charge is -2.10. The van der Waals surface area contributed by atoms with E-state index in [4.69, 9.17) is 4.74 Å². The SMILES string of the molecule is c1ccc(-n2cc(CCNCc3cnc(NCC4CCCO4)nc3)cn2)cc1. The largest absolute Gasteiger partial charge is 0.376 e. The van der Waals surface area contributed by atoms with E-state index in [1.54, 1.807) is 0 Å². The molecule has 3 heterocycles. The highest BCUT2D eigenvalue weighted by Crippen LogP contribution is 2.12. The van der Waals surface area contributed by atoms with Crippen molar-refractivity contribution in [1.82, 2.24) is 25.1 Å². The molecule has 28 heavy (non-hydrogen) atoms. The van der Waals surface area contributed by atoms with E-state index in [9.17, 15) is 0 Å².